The third-order valence-electron chi connectivity index (χ3n) is 5.57. The van der Waals surface area contributed by atoms with Crippen LogP contribution in [-0.2, 0) is 13.6 Å². The lowest BCUT2D eigenvalue weighted by Crippen LogP contribution is -2.29. The van der Waals surface area contributed by atoms with E-state index in [1.165, 1.54) is 4.57 Å². The van der Waals surface area contributed by atoms with Gasteiger partial charge in [-0.25, -0.2) is 9.20 Å². The van der Waals surface area contributed by atoms with Crippen LogP contribution in [0.4, 0.5) is 0 Å². The molecule has 9 heteroatoms. The number of nitrogens with one attached hydrogen (secondary N) is 1. The lowest BCUT2D eigenvalue weighted by molar-refractivity contribution is 0.806. The third kappa shape index (κ3) is 3.04. The van der Waals surface area contributed by atoms with E-state index in [0.29, 0.717) is 29.3 Å². The zero-order valence-electron chi connectivity index (χ0n) is 17.2. The van der Waals surface area contributed by atoms with Gasteiger partial charge in [0.25, 0.3) is 5.56 Å². The molecule has 0 unspecified atom stereocenters. The number of aromatic nitrogens is 6. The molecular weight excluding hydrogens is 460 g/mol. The molecule has 0 saturated carbocycles. The molecule has 0 atom stereocenters. The number of hydrogen-bond acceptors (Lipinski definition) is 4. The first-order valence-electron chi connectivity index (χ1n) is 9.74. The molecule has 0 amide bonds. The summed E-state index contributed by atoms with van der Waals surface area (Å²) in [5.74, 6) is 1.06. The molecule has 0 spiro atoms. The summed E-state index contributed by atoms with van der Waals surface area (Å²) in [6, 6.07) is 13.9. The number of H-pyrrole nitrogens is 1. The molecule has 0 aliphatic carbocycles. The van der Waals surface area contributed by atoms with Gasteiger partial charge < -0.3 is 0 Å². The topological polar surface area (TPSA) is 90.0 Å². The molecule has 0 fully saturated rings. The molecule has 31 heavy (non-hydrogen) atoms. The minimum absolute atomic E-state index is 0.381. The molecule has 0 saturated heterocycles. The highest BCUT2D eigenvalue weighted by Crippen LogP contribution is 2.26. The van der Waals surface area contributed by atoms with Gasteiger partial charge in [0.05, 0.1) is 6.54 Å². The van der Waals surface area contributed by atoms with E-state index in [-0.39, 0.29) is 0 Å². The van der Waals surface area contributed by atoms with Crippen molar-refractivity contribution in [3.8, 4) is 11.4 Å². The number of hydrogen-bond donors (Lipinski definition) is 1. The fourth-order valence-corrected chi connectivity index (χ4v) is 4.18. The molecule has 0 bridgehead atoms. The number of imidazole rings is 1. The van der Waals surface area contributed by atoms with E-state index in [1.807, 2.05) is 42.7 Å². The number of rotatable bonds is 3. The second-order valence-corrected chi connectivity index (χ2v) is 8.59. The average molecular weight is 479 g/mol. The first kappa shape index (κ1) is 19.5. The fourth-order valence-electron chi connectivity index (χ4n) is 3.92. The van der Waals surface area contributed by atoms with Crippen molar-refractivity contribution in [1.82, 2.24) is 28.7 Å². The lowest BCUT2D eigenvalue weighted by atomic mass is 10.1. The van der Waals surface area contributed by atoms with Gasteiger partial charge >= 0.3 is 5.69 Å². The van der Waals surface area contributed by atoms with Crippen LogP contribution >= 0.6 is 15.9 Å². The van der Waals surface area contributed by atoms with Crippen LogP contribution < -0.4 is 11.2 Å². The van der Waals surface area contributed by atoms with Crippen LogP contribution in [0.5, 0.6) is 0 Å². The van der Waals surface area contributed by atoms with Gasteiger partial charge in [-0.1, -0.05) is 51.8 Å². The van der Waals surface area contributed by atoms with E-state index in [0.717, 1.165) is 26.7 Å². The molecular formula is C22H19BrN6O2. The Balaban J connectivity index is 1.88. The SMILES string of the molecule is Cc1ccc(C)c(Cn2c3c(=O)[nH]c(=O)n(C)c3n3c(-c4ccc(Br)cc4)nnc23)c1. The monoisotopic (exact) mass is 478 g/mol. The van der Waals surface area contributed by atoms with Crippen LogP contribution in [-0.4, -0.2) is 28.7 Å². The highest BCUT2D eigenvalue weighted by atomic mass is 79.9. The Morgan fingerprint density at radius 1 is 1.03 bits per heavy atom. The molecule has 8 nitrogen and oxygen atoms in total. The number of halogens is 1. The van der Waals surface area contributed by atoms with E-state index < -0.39 is 11.2 Å². The molecule has 3 aromatic heterocycles. The van der Waals surface area contributed by atoms with Crippen molar-refractivity contribution in [3.05, 3.63) is 84.5 Å². The van der Waals surface area contributed by atoms with Crippen molar-refractivity contribution >= 4 is 32.9 Å². The molecule has 156 valence electrons. The Morgan fingerprint density at radius 3 is 2.52 bits per heavy atom. The molecule has 1 N–H and O–H groups in total. The molecule has 3 heterocycles. The standard InChI is InChI=1S/C22H19BrN6O2/c1-12-4-5-13(2)15(10-12)11-28-17-19(30)24-22(31)27(3)20(17)29-18(25-26-21(28)29)14-6-8-16(23)9-7-14/h4-10H,11H2,1-3H3,(H,24,30,31). The number of fused-ring (bicyclic) bond motifs is 3. The Bertz CT molecular complexity index is 1590. The highest BCUT2D eigenvalue weighted by molar-refractivity contribution is 9.10. The number of aryl methyl sites for hydroxylation is 3. The Hall–Kier alpha value is -3.46. The quantitative estimate of drug-likeness (QED) is 0.431. The van der Waals surface area contributed by atoms with Crippen molar-refractivity contribution in [2.75, 3.05) is 0 Å². The summed E-state index contributed by atoms with van der Waals surface area (Å²) in [6.07, 6.45) is 0. The minimum Gasteiger partial charge on any atom is -0.298 e. The van der Waals surface area contributed by atoms with Gasteiger partial charge in [0.15, 0.2) is 17.0 Å². The third-order valence-corrected chi connectivity index (χ3v) is 6.10. The maximum absolute atomic E-state index is 12.9. The average Bonchev–Trinajstić information content (AvgIpc) is 3.29. The Kier molecular flexibility index (Phi) is 4.44. The van der Waals surface area contributed by atoms with Gasteiger partial charge in [0.2, 0.25) is 5.78 Å². The van der Waals surface area contributed by atoms with Crippen LogP contribution in [0.3, 0.4) is 0 Å². The zero-order valence-corrected chi connectivity index (χ0v) is 18.8. The van der Waals surface area contributed by atoms with Gasteiger partial charge in [-0.2, -0.15) is 0 Å². The summed E-state index contributed by atoms with van der Waals surface area (Å²) in [6.45, 7) is 4.50. The first-order chi connectivity index (χ1) is 14.8. The predicted molar refractivity (Wildman–Crippen MR) is 122 cm³/mol. The van der Waals surface area contributed by atoms with Crippen molar-refractivity contribution < 1.29 is 0 Å². The van der Waals surface area contributed by atoms with Gasteiger partial charge in [-0.3, -0.25) is 18.9 Å². The van der Waals surface area contributed by atoms with E-state index >= 15 is 0 Å². The summed E-state index contributed by atoms with van der Waals surface area (Å²) in [5.41, 5.74) is 4.04. The largest absolute Gasteiger partial charge is 0.329 e. The smallest absolute Gasteiger partial charge is 0.298 e. The van der Waals surface area contributed by atoms with Crippen LogP contribution in [0, 0.1) is 13.8 Å². The van der Waals surface area contributed by atoms with Crippen LogP contribution in [0.15, 0.2) is 56.5 Å². The molecule has 2 aromatic carbocycles. The van der Waals surface area contributed by atoms with Crippen LogP contribution in [0.1, 0.15) is 16.7 Å². The number of aromatic amines is 1. The summed E-state index contributed by atoms with van der Waals surface area (Å²) < 4.78 is 5.97. The van der Waals surface area contributed by atoms with Crippen molar-refractivity contribution in [2.24, 2.45) is 7.05 Å². The van der Waals surface area contributed by atoms with Crippen LogP contribution in [0.25, 0.3) is 28.3 Å². The normalized spacial score (nSPS) is 11.6. The van der Waals surface area contributed by atoms with Gasteiger partial charge in [-0.15, -0.1) is 10.2 Å². The summed E-state index contributed by atoms with van der Waals surface area (Å²) >= 11 is 3.44. The summed E-state index contributed by atoms with van der Waals surface area (Å²) in [5, 5.41) is 8.81. The van der Waals surface area contributed by atoms with Gasteiger partial charge in [0, 0.05) is 17.1 Å². The summed E-state index contributed by atoms with van der Waals surface area (Å²) in [7, 11) is 1.63. The van der Waals surface area contributed by atoms with Gasteiger partial charge in [0.1, 0.15) is 0 Å². The van der Waals surface area contributed by atoms with Crippen molar-refractivity contribution in [3.63, 3.8) is 0 Å². The Labute approximate surface area is 184 Å². The second kappa shape index (κ2) is 7.05. The van der Waals surface area contributed by atoms with E-state index in [2.05, 4.69) is 49.3 Å². The Morgan fingerprint density at radius 2 is 1.77 bits per heavy atom. The predicted octanol–water partition coefficient (Wildman–Crippen LogP) is 3.17. The maximum atomic E-state index is 12.9. The zero-order chi connectivity index (χ0) is 21.9. The molecule has 0 aliphatic rings. The summed E-state index contributed by atoms with van der Waals surface area (Å²) in [4.78, 5) is 27.7. The molecule has 5 rings (SSSR count). The fraction of sp³-hybridized carbons (Fsp3) is 0.182. The first-order valence-corrected chi connectivity index (χ1v) is 10.5. The molecule has 0 aliphatic heterocycles. The van der Waals surface area contributed by atoms with Crippen molar-refractivity contribution in [1.29, 1.82) is 0 Å². The van der Waals surface area contributed by atoms with E-state index in [9.17, 15) is 9.59 Å². The second-order valence-electron chi connectivity index (χ2n) is 7.67. The van der Waals surface area contributed by atoms with Gasteiger partial charge in [-0.05, 0) is 37.1 Å². The molecule has 5 aromatic rings. The minimum atomic E-state index is -0.487. The lowest BCUT2D eigenvalue weighted by Gasteiger charge is -2.09. The van der Waals surface area contributed by atoms with Crippen LogP contribution in [0.2, 0.25) is 0 Å². The molecule has 0 radical (unpaired) electrons. The van der Waals surface area contributed by atoms with Crippen molar-refractivity contribution in [2.45, 2.75) is 20.4 Å². The van der Waals surface area contributed by atoms with E-state index in [4.69, 9.17) is 0 Å². The number of benzene rings is 2. The highest BCUT2D eigenvalue weighted by Gasteiger charge is 2.23. The maximum Gasteiger partial charge on any atom is 0.329 e. The number of nitrogens with zero attached hydrogens (tertiary/aromatic N) is 5. The van der Waals surface area contributed by atoms with E-state index in [1.54, 1.807) is 11.4 Å².